The number of halogens is 1. The maximum absolute atomic E-state index is 13.0. The van der Waals surface area contributed by atoms with Gasteiger partial charge in [-0.2, -0.15) is 11.8 Å². The predicted octanol–water partition coefficient (Wildman–Crippen LogP) is 6.14. The van der Waals surface area contributed by atoms with Crippen molar-refractivity contribution >= 4 is 17.3 Å². The molecule has 0 amide bonds. The second-order valence-corrected chi connectivity index (χ2v) is 7.07. The first kappa shape index (κ1) is 16.6. The van der Waals surface area contributed by atoms with Crippen LogP contribution < -0.4 is 0 Å². The minimum Gasteiger partial charge on any atom is -0.207 e. The van der Waals surface area contributed by atoms with E-state index < -0.39 is 0 Å². The van der Waals surface area contributed by atoms with Crippen LogP contribution in [0.25, 0.3) is 5.57 Å². The number of rotatable bonds is 6. The number of thioether (sulfide) groups is 1. The van der Waals surface area contributed by atoms with Gasteiger partial charge in [0.25, 0.3) is 0 Å². The summed E-state index contributed by atoms with van der Waals surface area (Å²) < 4.78 is 13.0. The van der Waals surface area contributed by atoms with Crippen LogP contribution in [0, 0.1) is 17.7 Å². The second-order valence-electron chi connectivity index (χ2n) is 5.92. The van der Waals surface area contributed by atoms with Gasteiger partial charge >= 0.3 is 0 Å². The first-order valence-electron chi connectivity index (χ1n) is 8.05. The van der Waals surface area contributed by atoms with Crippen molar-refractivity contribution in [3.05, 3.63) is 47.6 Å². The Labute approximate surface area is 133 Å². The van der Waals surface area contributed by atoms with Crippen molar-refractivity contribution in [2.45, 2.75) is 46.0 Å². The van der Waals surface area contributed by atoms with Crippen molar-refractivity contribution in [1.29, 1.82) is 0 Å². The van der Waals surface area contributed by atoms with E-state index in [1.807, 2.05) is 12.1 Å². The molecule has 1 radical (unpaired) electrons. The van der Waals surface area contributed by atoms with Crippen molar-refractivity contribution in [2.24, 2.45) is 5.92 Å². The van der Waals surface area contributed by atoms with Gasteiger partial charge in [-0.05, 0) is 79.2 Å². The van der Waals surface area contributed by atoms with Gasteiger partial charge in [0.15, 0.2) is 0 Å². The Kier molecular flexibility index (Phi) is 6.82. The van der Waals surface area contributed by atoms with Crippen LogP contribution in [0.3, 0.4) is 0 Å². The molecular weight excluding hydrogens is 279 g/mol. The summed E-state index contributed by atoms with van der Waals surface area (Å²) in [7, 11) is 0. The number of benzene rings is 1. The van der Waals surface area contributed by atoms with E-state index in [0.29, 0.717) is 0 Å². The van der Waals surface area contributed by atoms with Crippen LogP contribution in [0.5, 0.6) is 0 Å². The molecule has 1 atom stereocenters. The predicted molar refractivity (Wildman–Crippen MR) is 92.9 cm³/mol. The summed E-state index contributed by atoms with van der Waals surface area (Å²) in [5.74, 6) is 5.00. The van der Waals surface area contributed by atoms with Crippen LogP contribution in [-0.4, -0.2) is 11.5 Å². The summed E-state index contributed by atoms with van der Waals surface area (Å²) in [6, 6.07) is 6.83. The van der Waals surface area contributed by atoms with Crippen LogP contribution in [0.1, 0.15) is 51.5 Å². The standard InChI is InChI=1S/C19H26FS/c1-3-5-17(18-6-4-13-21-14-18)8-7-15(2)16-9-11-19(20)12-10-16/h7,9-12,18H,3-6,8,13-14H2,1-2H3. The minimum absolute atomic E-state index is 0.163. The Hall–Kier alpha value is -0.760. The van der Waals surface area contributed by atoms with E-state index >= 15 is 0 Å². The maximum Gasteiger partial charge on any atom is 0.123 e. The van der Waals surface area contributed by atoms with Crippen molar-refractivity contribution in [3.63, 3.8) is 0 Å². The fourth-order valence-corrected chi connectivity index (χ4v) is 4.20. The zero-order valence-electron chi connectivity index (χ0n) is 13.2. The second kappa shape index (κ2) is 8.63. The van der Waals surface area contributed by atoms with Gasteiger partial charge in [0, 0.05) is 0 Å². The van der Waals surface area contributed by atoms with Crippen LogP contribution in [0.15, 0.2) is 30.3 Å². The number of hydrogen-bond acceptors (Lipinski definition) is 1. The molecule has 115 valence electrons. The molecule has 0 nitrogen and oxygen atoms in total. The van der Waals surface area contributed by atoms with Gasteiger partial charge in [0.05, 0.1) is 0 Å². The highest BCUT2D eigenvalue weighted by molar-refractivity contribution is 7.99. The molecule has 0 aliphatic carbocycles. The van der Waals surface area contributed by atoms with Gasteiger partial charge in [-0.1, -0.05) is 31.6 Å². The highest BCUT2D eigenvalue weighted by Crippen LogP contribution is 2.35. The van der Waals surface area contributed by atoms with Crippen LogP contribution in [0.2, 0.25) is 0 Å². The van der Waals surface area contributed by atoms with Crippen molar-refractivity contribution in [3.8, 4) is 0 Å². The topological polar surface area (TPSA) is 0 Å². The molecule has 1 aromatic rings. The molecule has 1 fully saturated rings. The average Bonchev–Trinajstić information content (AvgIpc) is 2.52. The van der Waals surface area contributed by atoms with E-state index in [2.05, 4.69) is 31.7 Å². The number of hydrogen-bond donors (Lipinski definition) is 0. The zero-order chi connectivity index (χ0) is 15.1. The van der Waals surface area contributed by atoms with Crippen LogP contribution >= 0.6 is 11.8 Å². The quantitative estimate of drug-likeness (QED) is 0.608. The SMILES string of the molecule is CCC[C](CC=C(C)c1ccc(F)cc1)C1CCCSC1. The van der Waals surface area contributed by atoms with Crippen molar-refractivity contribution in [2.75, 3.05) is 11.5 Å². The third-order valence-corrected chi connectivity index (χ3v) is 5.49. The fourth-order valence-electron chi connectivity index (χ4n) is 2.97. The molecular formula is C19H26FS. The van der Waals surface area contributed by atoms with Gasteiger partial charge in [-0.15, -0.1) is 0 Å². The summed E-state index contributed by atoms with van der Waals surface area (Å²) >= 11 is 2.11. The molecule has 0 aromatic heterocycles. The van der Waals surface area contributed by atoms with Crippen LogP contribution in [-0.2, 0) is 0 Å². The lowest BCUT2D eigenvalue weighted by Crippen LogP contribution is -2.19. The number of allylic oxidation sites excluding steroid dienone is 2. The first-order chi connectivity index (χ1) is 10.2. The van der Waals surface area contributed by atoms with E-state index in [9.17, 15) is 4.39 Å². The highest BCUT2D eigenvalue weighted by Gasteiger charge is 2.22. The largest absolute Gasteiger partial charge is 0.207 e. The molecule has 2 rings (SSSR count). The molecule has 21 heavy (non-hydrogen) atoms. The lowest BCUT2D eigenvalue weighted by Gasteiger charge is -2.29. The highest BCUT2D eigenvalue weighted by atomic mass is 32.2. The first-order valence-corrected chi connectivity index (χ1v) is 9.21. The summed E-state index contributed by atoms with van der Waals surface area (Å²) in [5.41, 5.74) is 2.39. The summed E-state index contributed by atoms with van der Waals surface area (Å²) in [4.78, 5) is 0. The van der Waals surface area contributed by atoms with E-state index in [1.165, 1.54) is 42.8 Å². The lowest BCUT2D eigenvalue weighted by atomic mass is 9.83. The third kappa shape index (κ3) is 5.18. The molecule has 0 bridgehead atoms. The zero-order valence-corrected chi connectivity index (χ0v) is 14.0. The lowest BCUT2D eigenvalue weighted by molar-refractivity contribution is 0.490. The Morgan fingerprint density at radius 2 is 2.10 bits per heavy atom. The molecule has 1 unspecified atom stereocenters. The van der Waals surface area contributed by atoms with Crippen molar-refractivity contribution in [1.82, 2.24) is 0 Å². The molecule has 1 heterocycles. The Morgan fingerprint density at radius 1 is 1.33 bits per heavy atom. The normalized spacial score (nSPS) is 20.0. The molecule has 1 aliphatic heterocycles. The maximum atomic E-state index is 13.0. The summed E-state index contributed by atoms with van der Waals surface area (Å²) in [6.07, 6.45) is 8.63. The monoisotopic (exact) mass is 305 g/mol. The van der Waals surface area contributed by atoms with Gasteiger partial charge in [-0.25, -0.2) is 4.39 Å². The molecule has 1 aromatic carbocycles. The molecule has 1 saturated heterocycles. The smallest absolute Gasteiger partial charge is 0.123 e. The minimum atomic E-state index is -0.163. The van der Waals surface area contributed by atoms with Gasteiger partial charge in [0.2, 0.25) is 0 Å². The van der Waals surface area contributed by atoms with Gasteiger partial charge < -0.3 is 0 Å². The van der Waals surface area contributed by atoms with E-state index in [4.69, 9.17) is 0 Å². The van der Waals surface area contributed by atoms with Gasteiger partial charge in [-0.3, -0.25) is 0 Å². The summed E-state index contributed by atoms with van der Waals surface area (Å²) in [6.45, 7) is 4.40. The molecule has 0 N–H and O–H groups in total. The van der Waals surface area contributed by atoms with E-state index in [1.54, 1.807) is 18.1 Å². The molecule has 0 saturated carbocycles. The Balaban J connectivity index is 1.98. The molecule has 1 aliphatic rings. The Morgan fingerprint density at radius 3 is 2.71 bits per heavy atom. The molecule has 2 heteroatoms. The van der Waals surface area contributed by atoms with Gasteiger partial charge in [0.1, 0.15) is 5.82 Å². The fraction of sp³-hybridized carbons (Fsp3) is 0.526. The average molecular weight is 305 g/mol. The summed E-state index contributed by atoms with van der Waals surface area (Å²) in [5, 5.41) is 0. The van der Waals surface area contributed by atoms with Crippen molar-refractivity contribution < 1.29 is 4.39 Å². The van der Waals surface area contributed by atoms with E-state index in [-0.39, 0.29) is 5.82 Å². The Bertz CT molecular complexity index is 443. The molecule has 0 spiro atoms. The van der Waals surface area contributed by atoms with Crippen LogP contribution in [0.4, 0.5) is 4.39 Å². The third-order valence-electron chi connectivity index (χ3n) is 4.28. The van der Waals surface area contributed by atoms with E-state index in [0.717, 1.165) is 17.9 Å².